The number of guanidine groups is 1. The molecule has 0 radical (unpaired) electrons. The van der Waals surface area contributed by atoms with Crippen LogP contribution in [0.15, 0.2) is 29.3 Å². The highest BCUT2D eigenvalue weighted by Gasteiger charge is 2.30. The molecule has 94 valence electrons. The van der Waals surface area contributed by atoms with Crippen LogP contribution >= 0.6 is 0 Å². The van der Waals surface area contributed by atoms with Gasteiger partial charge in [0.25, 0.3) is 0 Å². The Kier molecular flexibility index (Phi) is 4.33. The number of nitrogens with zero attached hydrogens (tertiary/aromatic N) is 1. The van der Waals surface area contributed by atoms with Crippen LogP contribution in [0.5, 0.6) is 0 Å². The summed E-state index contributed by atoms with van der Waals surface area (Å²) < 4.78 is 37.3. The van der Waals surface area contributed by atoms with E-state index in [-0.39, 0.29) is 6.54 Å². The van der Waals surface area contributed by atoms with Gasteiger partial charge in [0, 0.05) is 13.6 Å². The molecule has 0 saturated heterocycles. The maximum Gasteiger partial charge on any atom is 0.416 e. The number of alkyl halides is 3. The number of benzene rings is 1. The normalized spacial score (nSPS) is 12.4. The van der Waals surface area contributed by atoms with Gasteiger partial charge in [-0.2, -0.15) is 13.2 Å². The number of hydrazine groups is 1. The third-order valence-electron chi connectivity index (χ3n) is 2.07. The SMILES string of the molecule is CN=C(NN)NCc1cccc(C(F)(F)F)c1. The Morgan fingerprint density at radius 2 is 2.12 bits per heavy atom. The average Bonchev–Trinajstić information content (AvgIpc) is 2.30. The van der Waals surface area contributed by atoms with Gasteiger partial charge in [-0.05, 0) is 17.7 Å². The van der Waals surface area contributed by atoms with Crippen molar-refractivity contribution < 1.29 is 13.2 Å². The number of hydrogen-bond acceptors (Lipinski definition) is 2. The van der Waals surface area contributed by atoms with Crippen molar-refractivity contribution in [3.05, 3.63) is 35.4 Å². The molecule has 0 fully saturated rings. The van der Waals surface area contributed by atoms with Gasteiger partial charge in [-0.25, -0.2) is 5.84 Å². The fourth-order valence-corrected chi connectivity index (χ4v) is 1.24. The van der Waals surface area contributed by atoms with Gasteiger partial charge in [-0.3, -0.25) is 10.4 Å². The first-order chi connectivity index (χ1) is 7.97. The molecule has 17 heavy (non-hydrogen) atoms. The minimum absolute atomic E-state index is 0.209. The van der Waals surface area contributed by atoms with Crippen LogP contribution in [0, 0.1) is 0 Å². The van der Waals surface area contributed by atoms with E-state index in [1.807, 2.05) is 0 Å². The number of hydrogen-bond donors (Lipinski definition) is 3. The fraction of sp³-hybridized carbons (Fsp3) is 0.300. The summed E-state index contributed by atoms with van der Waals surface area (Å²) in [5.41, 5.74) is 2.11. The Hall–Kier alpha value is -1.76. The van der Waals surface area contributed by atoms with E-state index in [0.717, 1.165) is 12.1 Å². The van der Waals surface area contributed by atoms with Gasteiger partial charge >= 0.3 is 6.18 Å². The number of rotatable bonds is 2. The predicted octanol–water partition coefficient (Wildman–Crippen LogP) is 1.24. The van der Waals surface area contributed by atoms with Crippen LogP contribution in [0.25, 0.3) is 0 Å². The quantitative estimate of drug-likeness (QED) is 0.318. The molecule has 0 heterocycles. The van der Waals surface area contributed by atoms with Crippen LogP contribution in [0.2, 0.25) is 0 Å². The Labute approximate surface area is 96.7 Å². The lowest BCUT2D eigenvalue weighted by molar-refractivity contribution is -0.137. The summed E-state index contributed by atoms with van der Waals surface area (Å²) in [6.07, 6.45) is -4.33. The smallest absolute Gasteiger partial charge is 0.351 e. The van der Waals surface area contributed by atoms with Crippen LogP contribution in [0.1, 0.15) is 11.1 Å². The number of nitrogens with two attached hydrogens (primary N) is 1. The monoisotopic (exact) mass is 246 g/mol. The zero-order valence-corrected chi connectivity index (χ0v) is 9.17. The lowest BCUT2D eigenvalue weighted by atomic mass is 10.1. The van der Waals surface area contributed by atoms with Crippen molar-refractivity contribution >= 4 is 5.96 Å². The van der Waals surface area contributed by atoms with Crippen molar-refractivity contribution in [1.82, 2.24) is 10.7 Å². The lowest BCUT2D eigenvalue weighted by Gasteiger charge is -2.10. The number of aliphatic imine (C=N–C) groups is 1. The summed E-state index contributed by atoms with van der Waals surface area (Å²) in [6, 6.07) is 5.06. The van der Waals surface area contributed by atoms with Gasteiger partial charge in [0.1, 0.15) is 0 Å². The molecule has 0 saturated carbocycles. The zero-order valence-electron chi connectivity index (χ0n) is 9.17. The summed E-state index contributed by atoms with van der Waals surface area (Å²) in [5, 5.41) is 2.76. The van der Waals surface area contributed by atoms with Gasteiger partial charge in [-0.1, -0.05) is 12.1 Å². The maximum absolute atomic E-state index is 12.4. The summed E-state index contributed by atoms with van der Waals surface area (Å²) in [4.78, 5) is 3.74. The van der Waals surface area contributed by atoms with Crippen LogP contribution in [0.4, 0.5) is 13.2 Å². The van der Waals surface area contributed by atoms with Crippen LogP contribution < -0.4 is 16.6 Å². The first-order valence-electron chi connectivity index (χ1n) is 4.80. The van der Waals surface area contributed by atoms with Crippen molar-refractivity contribution in [3.63, 3.8) is 0 Å². The molecule has 1 aromatic carbocycles. The van der Waals surface area contributed by atoms with Crippen LogP contribution in [0.3, 0.4) is 0 Å². The Bertz CT molecular complexity index is 401. The molecule has 7 heteroatoms. The largest absolute Gasteiger partial charge is 0.416 e. The Balaban J connectivity index is 2.73. The van der Waals surface area contributed by atoms with Crippen molar-refractivity contribution in [2.75, 3.05) is 7.05 Å². The third-order valence-corrected chi connectivity index (χ3v) is 2.07. The van der Waals surface area contributed by atoms with E-state index < -0.39 is 11.7 Å². The lowest BCUT2D eigenvalue weighted by Crippen LogP contribution is -2.41. The topological polar surface area (TPSA) is 62.4 Å². The van der Waals surface area contributed by atoms with Crippen molar-refractivity contribution in [3.8, 4) is 0 Å². The average molecular weight is 246 g/mol. The molecular weight excluding hydrogens is 233 g/mol. The minimum Gasteiger partial charge on any atom is -0.351 e. The summed E-state index contributed by atoms with van der Waals surface area (Å²) in [5.74, 6) is 5.43. The molecule has 0 aromatic heterocycles. The molecule has 0 atom stereocenters. The van der Waals surface area contributed by atoms with Gasteiger partial charge in [0.15, 0.2) is 0 Å². The van der Waals surface area contributed by atoms with E-state index in [0.29, 0.717) is 11.5 Å². The van der Waals surface area contributed by atoms with Crippen LogP contribution in [-0.4, -0.2) is 13.0 Å². The van der Waals surface area contributed by atoms with E-state index in [1.165, 1.54) is 13.1 Å². The Morgan fingerprint density at radius 3 is 2.65 bits per heavy atom. The minimum atomic E-state index is -4.33. The highest BCUT2D eigenvalue weighted by atomic mass is 19.4. The first-order valence-corrected chi connectivity index (χ1v) is 4.80. The second kappa shape index (κ2) is 5.53. The highest BCUT2D eigenvalue weighted by Crippen LogP contribution is 2.29. The third kappa shape index (κ3) is 3.95. The highest BCUT2D eigenvalue weighted by molar-refractivity contribution is 5.78. The standard InChI is InChI=1S/C10H13F3N4/c1-15-9(17-14)16-6-7-3-2-4-8(5-7)10(11,12)13/h2-5H,6,14H2,1H3,(H2,15,16,17). The Morgan fingerprint density at radius 1 is 1.41 bits per heavy atom. The van der Waals surface area contributed by atoms with Crippen molar-refractivity contribution in [1.29, 1.82) is 0 Å². The molecule has 0 aliphatic heterocycles. The van der Waals surface area contributed by atoms with E-state index in [9.17, 15) is 13.2 Å². The molecular formula is C10H13F3N4. The van der Waals surface area contributed by atoms with Gasteiger partial charge in [0.2, 0.25) is 5.96 Å². The summed E-state index contributed by atoms with van der Waals surface area (Å²) in [7, 11) is 1.51. The van der Waals surface area contributed by atoms with Gasteiger partial charge in [-0.15, -0.1) is 0 Å². The van der Waals surface area contributed by atoms with Crippen molar-refractivity contribution in [2.24, 2.45) is 10.8 Å². The molecule has 0 amide bonds. The second-order valence-electron chi connectivity index (χ2n) is 3.27. The van der Waals surface area contributed by atoms with E-state index in [1.54, 1.807) is 6.07 Å². The molecule has 0 aliphatic rings. The molecule has 0 unspecified atom stereocenters. The predicted molar refractivity (Wildman–Crippen MR) is 59.0 cm³/mol. The molecule has 1 rings (SSSR count). The molecule has 0 aliphatic carbocycles. The molecule has 0 spiro atoms. The zero-order chi connectivity index (χ0) is 12.9. The van der Waals surface area contributed by atoms with Gasteiger partial charge < -0.3 is 5.32 Å². The fourth-order valence-electron chi connectivity index (χ4n) is 1.24. The van der Waals surface area contributed by atoms with Gasteiger partial charge in [0.05, 0.1) is 5.56 Å². The van der Waals surface area contributed by atoms with E-state index in [2.05, 4.69) is 15.7 Å². The summed E-state index contributed by atoms with van der Waals surface area (Å²) >= 11 is 0. The molecule has 1 aromatic rings. The van der Waals surface area contributed by atoms with E-state index >= 15 is 0 Å². The second-order valence-corrected chi connectivity index (χ2v) is 3.27. The van der Waals surface area contributed by atoms with E-state index in [4.69, 9.17) is 5.84 Å². The molecule has 0 bridgehead atoms. The summed E-state index contributed by atoms with van der Waals surface area (Å²) in [6.45, 7) is 0.209. The van der Waals surface area contributed by atoms with Crippen molar-refractivity contribution in [2.45, 2.75) is 12.7 Å². The van der Waals surface area contributed by atoms with Crippen LogP contribution in [-0.2, 0) is 12.7 Å². The number of nitrogens with one attached hydrogen (secondary N) is 2. The molecule has 4 N–H and O–H groups in total. The first kappa shape index (κ1) is 13.3. The number of halogens is 3. The molecule has 4 nitrogen and oxygen atoms in total. The maximum atomic E-state index is 12.4.